The highest BCUT2D eigenvalue weighted by Crippen LogP contribution is 2.24. The molecule has 2 aromatic carbocycles. The minimum absolute atomic E-state index is 0.587. The molecule has 1 N–H and O–H groups in total. The highest BCUT2D eigenvalue weighted by molar-refractivity contribution is 5.72. The molecule has 0 radical (unpaired) electrons. The van der Waals surface area contributed by atoms with Gasteiger partial charge in [0.2, 0.25) is 5.89 Å². The highest BCUT2D eigenvalue weighted by atomic mass is 16.3. The Morgan fingerprint density at radius 3 is 2.56 bits per heavy atom. The summed E-state index contributed by atoms with van der Waals surface area (Å²) in [7, 11) is 0. The zero-order valence-corrected chi connectivity index (χ0v) is 13.6. The van der Waals surface area contributed by atoms with Crippen molar-refractivity contribution >= 4 is 23.0 Å². The monoisotopic (exact) mass is 327 g/mol. The Kier molecular flexibility index (Phi) is 4.25. The number of nitrogens with zero attached hydrogens (tertiary/aromatic N) is 2. The lowest BCUT2D eigenvalue weighted by Gasteiger charge is -2.03. The molecule has 0 aliphatic carbocycles. The number of hydrogen-bond acceptors (Lipinski definition) is 4. The van der Waals surface area contributed by atoms with Gasteiger partial charge < -0.3 is 9.73 Å². The summed E-state index contributed by atoms with van der Waals surface area (Å²) in [5, 5.41) is 3.37. The van der Waals surface area contributed by atoms with E-state index < -0.39 is 0 Å². The van der Waals surface area contributed by atoms with Gasteiger partial charge in [0, 0.05) is 24.0 Å². The molecule has 0 amide bonds. The number of oxazole rings is 1. The van der Waals surface area contributed by atoms with E-state index in [0.29, 0.717) is 17.1 Å². The van der Waals surface area contributed by atoms with Crippen molar-refractivity contribution in [2.45, 2.75) is 0 Å². The Bertz CT molecular complexity index is 956. The van der Waals surface area contributed by atoms with Crippen LogP contribution in [0.5, 0.6) is 0 Å². The molecule has 122 valence electrons. The lowest BCUT2D eigenvalue weighted by atomic mass is 10.2. The standard InChI is InChI=1S/C21H17N3O/c1-2-6-16(7-3-1)8-4-14-22-18-12-10-17(11-13-18)21-24-20-19(25-21)9-5-15-23-20/h1-13,15,22H,14H2/b8-4+. The fraction of sp³-hybridized carbons (Fsp3) is 0.0476. The predicted molar refractivity (Wildman–Crippen MR) is 101 cm³/mol. The molecule has 0 saturated carbocycles. The number of hydrogen-bond donors (Lipinski definition) is 1. The normalized spacial score (nSPS) is 11.2. The summed E-state index contributed by atoms with van der Waals surface area (Å²) >= 11 is 0. The van der Waals surface area contributed by atoms with Gasteiger partial charge in [0.15, 0.2) is 11.2 Å². The summed E-state index contributed by atoms with van der Waals surface area (Å²) in [6.07, 6.45) is 5.92. The summed E-state index contributed by atoms with van der Waals surface area (Å²) in [4.78, 5) is 8.61. The Hall–Kier alpha value is -3.40. The van der Waals surface area contributed by atoms with E-state index in [1.807, 2.05) is 54.6 Å². The first-order valence-corrected chi connectivity index (χ1v) is 8.16. The van der Waals surface area contributed by atoms with E-state index in [4.69, 9.17) is 4.42 Å². The van der Waals surface area contributed by atoms with Crippen LogP contribution in [0.1, 0.15) is 5.56 Å². The molecule has 0 spiro atoms. The van der Waals surface area contributed by atoms with Crippen LogP contribution < -0.4 is 5.32 Å². The molecule has 25 heavy (non-hydrogen) atoms. The van der Waals surface area contributed by atoms with Crippen LogP contribution in [-0.4, -0.2) is 16.5 Å². The van der Waals surface area contributed by atoms with E-state index in [9.17, 15) is 0 Å². The van der Waals surface area contributed by atoms with Gasteiger partial charge in [-0.15, -0.1) is 0 Å². The van der Waals surface area contributed by atoms with Crippen molar-refractivity contribution in [2.75, 3.05) is 11.9 Å². The third-order valence-corrected chi connectivity index (χ3v) is 3.83. The third kappa shape index (κ3) is 3.58. The molecule has 4 nitrogen and oxygen atoms in total. The Morgan fingerprint density at radius 1 is 0.920 bits per heavy atom. The molecule has 0 aliphatic heterocycles. The zero-order chi connectivity index (χ0) is 16.9. The van der Waals surface area contributed by atoms with Crippen LogP contribution in [0, 0.1) is 0 Å². The number of anilines is 1. The van der Waals surface area contributed by atoms with Gasteiger partial charge in [-0.05, 0) is 42.0 Å². The number of benzene rings is 2. The van der Waals surface area contributed by atoms with E-state index in [-0.39, 0.29) is 0 Å². The van der Waals surface area contributed by atoms with Gasteiger partial charge in [0.1, 0.15) is 0 Å². The Morgan fingerprint density at radius 2 is 1.76 bits per heavy atom. The topological polar surface area (TPSA) is 51.0 Å². The van der Waals surface area contributed by atoms with Gasteiger partial charge in [-0.2, -0.15) is 4.98 Å². The predicted octanol–water partition coefficient (Wildman–Crippen LogP) is 5.02. The second-order valence-corrected chi connectivity index (χ2v) is 5.62. The maximum Gasteiger partial charge on any atom is 0.228 e. The van der Waals surface area contributed by atoms with Gasteiger partial charge in [-0.25, -0.2) is 4.98 Å². The average Bonchev–Trinajstić information content (AvgIpc) is 3.11. The van der Waals surface area contributed by atoms with Crippen molar-refractivity contribution in [2.24, 2.45) is 0 Å². The smallest absolute Gasteiger partial charge is 0.228 e. The first kappa shape index (κ1) is 15.1. The minimum atomic E-state index is 0.587. The molecule has 0 aliphatic rings. The molecule has 4 rings (SSSR count). The number of fused-ring (bicyclic) bond motifs is 1. The van der Waals surface area contributed by atoms with Crippen LogP contribution in [0.15, 0.2) is 83.4 Å². The quantitative estimate of drug-likeness (QED) is 0.559. The summed E-state index contributed by atoms with van der Waals surface area (Å²) in [6, 6.07) is 22.0. The first-order chi connectivity index (χ1) is 12.4. The maximum absolute atomic E-state index is 5.74. The second-order valence-electron chi connectivity index (χ2n) is 5.62. The molecule has 0 fully saturated rings. The van der Waals surface area contributed by atoms with Gasteiger partial charge in [0.05, 0.1) is 0 Å². The molecule has 0 atom stereocenters. The first-order valence-electron chi connectivity index (χ1n) is 8.16. The average molecular weight is 327 g/mol. The van der Waals surface area contributed by atoms with Crippen LogP contribution in [0.3, 0.4) is 0 Å². The maximum atomic E-state index is 5.74. The van der Waals surface area contributed by atoms with Crippen molar-refractivity contribution in [1.29, 1.82) is 0 Å². The fourth-order valence-corrected chi connectivity index (χ4v) is 2.56. The van der Waals surface area contributed by atoms with Gasteiger partial charge in [-0.3, -0.25) is 0 Å². The van der Waals surface area contributed by atoms with Gasteiger partial charge in [0.25, 0.3) is 0 Å². The van der Waals surface area contributed by atoms with Crippen molar-refractivity contribution in [1.82, 2.24) is 9.97 Å². The summed E-state index contributed by atoms with van der Waals surface area (Å²) in [6.45, 7) is 0.765. The van der Waals surface area contributed by atoms with Crippen molar-refractivity contribution < 1.29 is 4.42 Å². The zero-order valence-electron chi connectivity index (χ0n) is 13.6. The van der Waals surface area contributed by atoms with E-state index in [1.54, 1.807) is 6.20 Å². The van der Waals surface area contributed by atoms with Crippen molar-refractivity contribution in [3.05, 3.63) is 84.6 Å². The Balaban J connectivity index is 1.41. The molecule has 0 saturated heterocycles. The van der Waals surface area contributed by atoms with E-state index in [0.717, 1.165) is 17.8 Å². The highest BCUT2D eigenvalue weighted by Gasteiger charge is 2.08. The molecular weight excluding hydrogens is 310 g/mol. The summed E-state index contributed by atoms with van der Waals surface area (Å²) in [5.41, 5.74) is 4.51. The number of nitrogens with one attached hydrogen (secondary N) is 1. The van der Waals surface area contributed by atoms with Crippen LogP contribution in [0.25, 0.3) is 28.8 Å². The molecule has 2 heterocycles. The summed E-state index contributed by atoms with van der Waals surface area (Å²) in [5.74, 6) is 0.587. The molecule has 0 unspecified atom stereocenters. The number of rotatable bonds is 5. The summed E-state index contributed by atoms with van der Waals surface area (Å²) < 4.78 is 5.74. The fourth-order valence-electron chi connectivity index (χ4n) is 2.56. The molecule has 0 bridgehead atoms. The van der Waals surface area contributed by atoms with Crippen LogP contribution in [-0.2, 0) is 0 Å². The van der Waals surface area contributed by atoms with Crippen molar-refractivity contribution in [3.63, 3.8) is 0 Å². The van der Waals surface area contributed by atoms with Crippen LogP contribution in [0.2, 0.25) is 0 Å². The van der Waals surface area contributed by atoms with Crippen LogP contribution >= 0.6 is 0 Å². The molecule has 4 aromatic rings. The van der Waals surface area contributed by atoms with Gasteiger partial charge >= 0.3 is 0 Å². The molecular formula is C21H17N3O. The molecule has 2 aromatic heterocycles. The lowest BCUT2D eigenvalue weighted by molar-refractivity contribution is 0.619. The number of pyridine rings is 1. The van der Waals surface area contributed by atoms with Crippen molar-refractivity contribution in [3.8, 4) is 11.5 Å². The largest absolute Gasteiger partial charge is 0.434 e. The van der Waals surface area contributed by atoms with Crippen LogP contribution in [0.4, 0.5) is 5.69 Å². The third-order valence-electron chi connectivity index (χ3n) is 3.83. The molecule has 4 heteroatoms. The van der Waals surface area contributed by atoms with E-state index in [1.165, 1.54) is 5.56 Å². The minimum Gasteiger partial charge on any atom is -0.434 e. The van der Waals surface area contributed by atoms with Gasteiger partial charge in [-0.1, -0.05) is 42.5 Å². The SMILES string of the molecule is C(=C\c1ccccc1)/CNc1ccc(-c2nc3ncccc3o2)cc1. The lowest BCUT2D eigenvalue weighted by Crippen LogP contribution is -1.97. The Labute approximate surface area is 145 Å². The number of aromatic nitrogens is 2. The van der Waals surface area contributed by atoms with E-state index in [2.05, 4.69) is 39.6 Å². The van der Waals surface area contributed by atoms with E-state index >= 15 is 0 Å². The second kappa shape index (κ2) is 7.01.